The highest BCUT2D eigenvalue weighted by Gasteiger charge is 2.27. The van der Waals surface area contributed by atoms with Crippen LogP contribution in [-0.4, -0.2) is 30.1 Å². The van der Waals surface area contributed by atoms with Gasteiger partial charge in [-0.2, -0.15) is 8.78 Å². The van der Waals surface area contributed by atoms with Crippen LogP contribution in [0.3, 0.4) is 0 Å². The Morgan fingerprint density at radius 2 is 2.08 bits per heavy atom. The van der Waals surface area contributed by atoms with Crippen LogP contribution in [0, 0.1) is 5.92 Å². The molecule has 1 aliphatic rings. The number of nitrogens with zero attached hydrogens (tertiary/aromatic N) is 1. The fourth-order valence-corrected chi connectivity index (χ4v) is 3.33. The third-order valence-electron chi connectivity index (χ3n) is 5.01. The summed E-state index contributed by atoms with van der Waals surface area (Å²) in [6, 6.07) is 4.98. The number of alkyl halides is 2. The highest BCUT2D eigenvalue weighted by molar-refractivity contribution is 5.75. The van der Waals surface area contributed by atoms with Gasteiger partial charge in [0.25, 0.3) is 0 Å². The average molecular weight is 354 g/mol. The fraction of sp³-hybridized carbons (Fsp3) is 0.632. The predicted octanol–water partition coefficient (Wildman–Crippen LogP) is 4.74. The van der Waals surface area contributed by atoms with Crippen molar-refractivity contribution in [1.82, 2.24) is 10.2 Å². The molecular formula is C19H28F2N2O2. The first-order valence-electron chi connectivity index (χ1n) is 8.98. The summed E-state index contributed by atoms with van der Waals surface area (Å²) in [5, 5.41) is 3.12. The molecule has 2 amide bonds. The fourth-order valence-electron chi connectivity index (χ4n) is 3.33. The number of urea groups is 1. The topological polar surface area (TPSA) is 41.6 Å². The van der Waals surface area contributed by atoms with Crippen molar-refractivity contribution in [2.24, 2.45) is 5.92 Å². The standard InChI is InChI=1S/C19H28F2N2O2/c1-5-23(13(4)12(2)3)19(24)22-17-8-6-7-14-11-15(25-18(20)21)9-10-16(14)17/h9-13,17-18H,5-8H2,1-4H3,(H,22,24)/t13-,17-/m1/s1. The number of hydrogen-bond donors (Lipinski definition) is 1. The first-order chi connectivity index (χ1) is 11.8. The van der Waals surface area contributed by atoms with Gasteiger partial charge in [0, 0.05) is 12.6 Å². The van der Waals surface area contributed by atoms with E-state index in [9.17, 15) is 13.6 Å². The maximum atomic E-state index is 12.7. The molecule has 1 aliphatic carbocycles. The molecule has 0 fully saturated rings. The zero-order chi connectivity index (χ0) is 18.6. The zero-order valence-electron chi connectivity index (χ0n) is 15.4. The molecule has 140 valence electrons. The smallest absolute Gasteiger partial charge is 0.387 e. The Kier molecular flexibility index (Phi) is 6.62. The lowest BCUT2D eigenvalue weighted by Gasteiger charge is -2.34. The second-order valence-electron chi connectivity index (χ2n) is 6.90. The summed E-state index contributed by atoms with van der Waals surface area (Å²) in [5.41, 5.74) is 1.96. The van der Waals surface area contributed by atoms with Gasteiger partial charge in [0.1, 0.15) is 5.75 Å². The first-order valence-corrected chi connectivity index (χ1v) is 8.98. The molecule has 0 saturated carbocycles. The molecule has 4 nitrogen and oxygen atoms in total. The molecule has 0 aromatic heterocycles. The summed E-state index contributed by atoms with van der Waals surface area (Å²) in [6.45, 7) is 6.04. The second-order valence-corrected chi connectivity index (χ2v) is 6.90. The summed E-state index contributed by atoms with van der Waals surface area (Å²) < 4.78 is 29.3. The van der Waals surface area contributed by atoms with E-state index >= 15 is 0 Å². The molecular weight excluding hydrogens is 326 g/mol. The maximum Gasteiger partial charge on any atom is 0.387 e. The molecule has 1 N–H and O–H groups in total. The van der Waals surface area contributed by atoms with Crippen LogP contribution in [0.5, 0.6) is 5.75 Å². The summed E-state index contributed by atoms with van der Waals surface area (Å²) in [4.78, 5) is 14.5. The van der Waals surface area contributed by atoms with Gasteiger partial charge in [0.05, 0.1) is 6.04 Å². The van der Waals surface area contributed by atoms with Crippen molar-refractivity contribution in [3.05, 3.63) is 29.3 Å². The minimum Gasteiger partial charge on any atom is -0.435 e. The summed E-state index contributed by atoms with van der Waals surface area (Å²) >= 11 is 0. The molecule has 0 bridgehead atoms. The number of halogens is 2. The van der Waals surface area contributed by atoms with Crippen molar-refractivity contribution in [1.29, 1.82) is 0 Å². The highest BCUT2D eigenvalue weighted by atomic mass is 19.3. The van der Waals surface area contributed by atoms with Crippen LogP contribution in [-0.2, 0) is 6.42 Å². The van der Waals surface area contributed by atoms with Gasteiger partial charge >= 0.3 is 12.6 Å². The van der Waals surface area contributed by atoms with Crippen LogP contribution in [0.15, 0.2) is 18.2 Å². The van der Waals surface area contributed by atoms with Crippen molar-refractivity contribution in [2.75, 3.05) is 6.54 Å². The normalized spacial score (nSPS) is 18.0. The molecule has 0 spiro atoms. The van der Waals surface area contributed by atoms with Gasteiger partial charge in [-0.05, 0) is 62.3 Å². The Morgan fingerprint density at radius 3 is 2.68 bits per heavy atom. The van der Waals surface area contributed by atoms with Crippen molar-refractivity contribution in [3.63, 3.8) is 0 Å². The lowest BCUT2D eigenvalue weighted by Crippen LogP contribution is -2.48. The van der Waals surface area contributed by atoms with E-state index in [-0.39, 0.29) is 23.9 Å². The molecule has 0 heterocycles. The molecule has 0 radical (unpaired) electrons. The van der Waals surface area contributed by atoms with E-state index < -0.39 is 6.61 Å². The van der Waals surface area contributed by atoms with Gasteiger partial charge in [0.15, 0.2) is 0 Å². The molecule has 25 heavy (non-hydrogen) atoms. The number of ether oxygens (including phenoxy) is 1. The van der Waals surface area contributed by atoms with Crippen LogP contribution in [0.4, 0.5) is 13.6 Å². The Bertz CT molecular complexity index is 593. The number of hydrogen-bond acceptors (Lipinski definition) is 2. The molecule has 0 saturated heterocycles. The van der Waals surface area contributed by atoms with Gasteiger partial charge in [-0.1, -0.05) is 19.9 Å². The van der Waals surface area contributed by atoms with E-state index in [4.69, 9.17) is 0 Å². The van der Waals surface area contributed by atoms with Gasteiger partial charge in [-0.15, -0.1) is 0 Å². The Morgan fingerprint density at radius 1 is 1.36 bits per heavy atom. The largest absolute Gasteiger partial charge is 0.435 e. The van der Waals surface area contributed by atoms with Crippen molar-refractivity contribution in [2.45, 2.75) is 65.7 Å². The average Bonchev–Trinajstić information content (AvgIpc) is 2.54. The zero-order valence-corrected chi connectivity index (χ0v) is 15.4. The van der Waals surface area contributed by atoms with E-state index in [1.54, 1.807) is 18.2 Å². The minimum absolute atomic E-state index is 0.0746. The Hall–Kier alpha value is -1.85. The van der Waals surface area contributed by atoms with Crippen molar-refractivity contribution in [3.8, 4) is 5.75 Å². The van der Waals surface area contributed by atoms with Crippen LogP contribution in [0.1, 0.15) is 57.7 Å². The number of carbonyl (C=O) groups excluding carboxylic acids is 1. The molecule has 1 aromatic carbocycles. The lowest BCUT2D eigenvalue weighted by atomic mass is 9.87. The summed E-state index contributed by atoms with van der Waals surface area (Å²) in [6.07, 6.45) is 2.56. The highest BCUT2D eigenvalue weighted by Crippen LogP contribution is 2.33. The first kappa shape index (κ1) is 19.5. The third kappa shape index (κ3) is 4.83. The van der Waals surface area contributed by atoms with E-state index in [1.807, 2.05) is 11.8 Å². The molecule has 1 aromatic rings. The number of carbonyl (C=O) groups is 1. The van der Waals surface area contributed by atoms with Gasteiger partial charge in [-0.3, -0.25) is 0 Å². The molecule has 2 atom stereocenters. The molecule has 6 heteroatoms. The van der Waals surface area contributed by atoms with Crippen LogP contribution in [0.25, 0.3) is 0 Å². The monoisotopic (exact) mass is 354 g/mol. The predicted molar refractivity (Wildman–Crippen MR) is 94.0 cm³/mol. The molecule has 0 aliphatic heterocycles. The lowest BCUT2D eigenvalue weighted by molar-refractivity contribution is -0.0499. The number of nitrogens with one attached hydrogen (secondary N) is 1. The van der Waals surface area contributed by atoms with Gasteiger partial charge in [0.2, 0.25) is 0 Å². The number of benzene rings is 1. The third-order valence-corrected chi connectivity index (χ3v) is 5.01. The van der Waals surface area contributed by atoms with Crippen LogP contribution < -0.4 is 10.1 Å². The summed E-state index contributed by atoms with van der Waals surface area (Å²) in [5.74, 6) is 0.544. The van der Waals surface area contributed by atoms with E-state index in [2.05, 4.69) is 30.8 Å². The van der Waals surface area contributed by atoms with Crippen LogP contribution >= 0.6 is 0 Å². The van der Waals surface area contributed by atoms with Crippen molar-refractivity contribution >= 4 is 6.03 Å². The van der Waals surface area contributed by atoms with Crippen LogP contribution in [0.2, 0.25) is 0 Å². The SMILES string of the molecule is CCN(C(=O)N[C@@H]1CCCc2cc(OC(F)F)ccc21)[C@H](C)C(C)C. The quantitative estimate of drug-likeness (QED) is 0.801. The number of aryl methyl sites for hydroxylation is 1. The van der Waals surface area contributed by atoms with Crippen molar-refractivity contribution < 1.29 is 18.3 Å². The number of rotatable bonds is 6. The molecule has 0 unspecified atom stereocenters. The number of amides is 2. The van der Waals surface area contributed by atoms with Gasteiger partial charge in [-0.25, -0.2) is 4.79 Å². The van der Waals surface area contributed by atoms with E-state index in [0.717, 1.165) is 30.4 Å². The molecule has 2 rings (SSSR count). The Labute approximate surface area is 148 Å². The second kappa shape index (κ2) is 8.50. The maximum absolute atomic E-state index is 12.7. The van der Waals surface area contributed by atoms with Gasteiger partial charge < -0.3 is 15.0 Å². The van der Waals surface area contributed by atoms with E-state index in [0.29, 0.717) is 12.5 Å². The van der Waals surface area contributed by atoms with E-state index in [1.165, 1.54) is 0 Å². The minimum atomic E-state index is -2.83. The number of fused-ring (bicyclic) bond motifs is 1. The Balaban J connectivity index is 2.13. The summed E-state index contributed by atoms with van der Waals surface area (Å²) in [7, 11) is 0.